The molecule has 0 radical (unpaired) electrons. The van der Waals surface area contributed by atoms with Crippen LogP contribution in [-0.2, 0) is 32.0 Å². The molecule has 0 spiro atoms. The first-order valence-corrected chi connectivity index (χ1v) is 14.4. The number of pyridine rings is 2. The molecule has 0 unspecified atom stereocenters. The topological polar surface area (TPSA) is 101 Å². The van der Waals surface area contributed by atoms with Gasteiger partial charge in [-0.2, -0.15) is 0 Å². The number of benzene rings is 1. The molecule has 41 heavy (non-hydrogen) atoms. The van der Waals surface area contributed by atoms with Crippen LogP contribution < -0.4 is 16.2 Å². The summed E-state index contributed by atoms with van der Waals surface area (Å²) in [5.41, 5.74) is 2.67. The molecule has 1 saturated carbocycles. The second kappa shape index (κ2) is 11.1. The fourth-order valence-corrected chi connectivity index (χ4v) is 5.38. The molecule has 0 bridgehead atoms. The highest BCUT2D eigenvalue weighted by atomic mass is 35.5. The maximum Gasteiger partial charge on any atom is 0.496 e. The van der Waals surface area contributed by atoms with Crippen molar-refractivity contribution < 1.29 is 23.6 Å². The smallest absolute Gasteiger partial charge is 0.462 e. The van der Waals surface area contributed by atoms with Gasteiger partial charge in [0, 0.05) is 46.9 Å². The lowest BCUT2D eigenvalue weighted by molar-refractivity contribution is 0.00578. The third-order valence-electron chi connectivity index (χ3n) is 8.40. The molecule has 1 aliphatic carbocycles. The molecular formula is C30H37BClN3O6. The summed E-state index contributed by atoms with van der Waals surface area (Å²) >= 11 is 6.72. The van der Waals surface area contributed by atoms with Gasteiger partial charge >= 0.3 is 13.1 Å². The van der Waals surface area contributed by atoms with Gasteiger partial charge in [0.15, 0.2) is 0 Å². The van der Waals surface area contributed by atoms with Crippen LogP contribution in [0.5, 0.6) is 0 Å². The van der Waals surface area contributed by atoms with E-state index in [-0.39, 0.29) is 36.9 Å². The summed E-state index contributed by atoms with van der Waals surface area (Å²) in [7, 11) is 1.23. The van der Waals surface area contributed by atoms with Crippen molar-refractivity contribution in [2.45, 2.75) is 84.8 Å². The van der Waals surface area contributed by atoms with Gasteiger partial charge in [0.2, 0.25) is 5.43 Å². The summed E-state index contributed by atoms with van der Waals surface area (Å²) in [6.45, 7) is 12.3. The molecular weight excluding hydrogens is 545 g/mol. The van der Waals surface area contributed by atoms with Crippen molar-refractivity contribution >= 4 is 46.9 Å². The van der Waals surface area contributed by atoms with Gasteiger partial charge in [0.25, 0.3) is 0 Å². The maximum atomic E-state index is 13.4. The summed E-state index contributed by atoms with van der Waals surface area (Å²) in [6, 6.07) is 3.54. The number of esters is 1. The highest BCUT2D eigenvalue weighted by Crippen LogP contribution is 2.40. The lowest BCUT2D eigenvalue weighted by atomic mass is 9.76. The van der Waals surface area contributed by atoms with E-state index in [0.717, 1.165) is 35.2 Å². The van der Waals surface area contributed by atoms with E-state index in [4.69, 9.17) is 30.4 Å². The summed E-state index contributed by atoms with van der Waals surface area (Å²) in [5, 5.41) is 4.05. The number of fused-ring (bicyclic) bond motifs is 1. The van der Waals surface area contributed by atoms with Crippen molar-refractivity contribution in [3.8, 4) is 0 Å². The Balaban J connectivity index is 1.50. The van der Waals surface area contributed by atoms with E-state index in [2.05, 4.69) is 10.3 Å². The minimum absolute atomic E-state index is 0.0273. The Morgan fingerprint density at radius 3 is 2.44 bits per heavy atom. The minimum atomic E-state index is -0.620. The number of nitrogens with one attached hydrogen (secondary N) is 1. The minimum Gasteiger partial charge on any atom is -0.462 e. The number of hydrogen-bond acceptors (Lipinski definition) is 8. The zero-order valence-electron chi connectivity index (χ0n) is 24.7. The van der Waals surface area contributed by atoms with Gasteiger partial charge in [-0.05, 0) is 77.6 Å². The quantitative estimate of drug-likeness (QED) is 0.281. The number of carbonyl (C=O) groups excluding carboxylic acids is 1. The van der Waals surface area contributed by atoms with Crippen LogP contribution in [0.2, 0.25) is 5.02 Å². The van der Waals surface area contributed by atoms with E-state index in [0.29, 0.717) is 21.5 Å². The zero-order valence-corrected chi connectivity index (χ0v) is 25.5. The van der Waals surface area contributed by atoms with Gasteiger partial charge in [0.1, 0.15) is 11.4 Å². The highest BCUT2D eigenvalue weighted by molar-refractivity contribution is 6.62. The van der Waals surface area contributed by atoms with Crippen LogP contribution in [0.4, 0.5) is 5.82 Å². The van der Waals surface area contributed by atoms with Crippen LogP contribution in [0.3, 0.4) is 0 Å². The average molecular weight is 582 g/mol. The molecule has 1 N–H and O–H groups in total. The summed E-state index contributed by atoms with van der Waals surface area (Å²) < 4.78 is 26.1. The molecule has 1 aliphatic heterocycles. The number of hydrogen-bond donors (Lipinski definition) is 1. The van der Waals surface area contributed by atoms with Crippen LogP contribution in [0, 0.1) is 6.92 Å². The largest absolute Gasteiger partial charge is 0.496 e. The molecule has 11 heteroatoms. The third-order valence-corrected chi connectivity index (χ3v) is 8.76. The number of ether oxygens (including phenoxy) is 2. The Labute approximate surface area is 245 Å². The van der Waals surface area contributed by atoms with Crippen molar-refractivity contribution in [1.29, 1.82) is 0 Å². The van der Waals surface area contributed by atoms with Crippen LogP contribution in [0.1, 0.15) is 80.6 Å². The van der Waals surface area contributed by atoms with Gasteiger partial charge < -0.3 is 28.7 Å². The predicted molar refractivity (Wildman–Crippen MR) is 160 cm³/mol. The highest BCUT2D eigenvalue weighted by Gasteiger charge is 2.52. The lowest BCUT2D eigenvalue weighted by Crippen LogP contribution is -2.41. The number of carbonyl (C=O) groups is 1. The van der Waals surface area contributed by atoms with Crippen LogP contribution in [0.15, 0.2) is 29.3 Å². The Bertz CT molecular complexity index is 1550. The molecule has 2 fully saturated rings. The number of nitrogens with zero attached hydrogens (tertiary/aromatic N) is 2. The van der Waals surface area contributed by atoms with Crippen molar-refractivity contribution in [3.05, 3.63) is 62.0 Å². The Morgan fingerprint density at radius 2 is 1.83 bits per heavy atom. The Hall–Kier alpha value is -2.92. The monoisotopic (exact) mass is 581 g/mol. The molecule has 9 nitrogen and oxygen atoms in total. The van der Waals surface area contributed by atoms with Gasteiger partial charge in [-0.15, -0.1) is 0 Å². The third kappa shape index (κ3) is 5.38. The van der Waals surface area contributed by atoms with E-state index in [9.17, 15) is 9.59 Å². The molecule has 2 aliphatic rings. The average Bonchev–Trinajstić information content (AvgIpc) is 3.72. The predicted octanol–water partition coefficient (Wildman–Crippen LogP) is 4.93. The van der Waals surface area contributed by atoms with E-state index in [1.165, 1.54) is 0 Å². The Morgan fingerprint density at radius 1 is 1.17 bits per heavy atom. The number of rotatable bonds is 9. The molecule has 3 heterocycles. The first-order chi connectivity index (χ1) is 19.4. The van der Waals surface area contributed by atoms with Crippen molar-refractivity contribution in [1.82, 2.24) is 9.55 Å². The van der Waals surface area contributed by atoms with Crippen molar-refractivity contribution in [2.75, 3.05) is 19.0 Å². The molecule has 1 saturated heterocycles. The molecule has 0 atom stereocenters. The SMILES string of the molecule is CCOC(=O)c1cn(C2CC2)c2c(COCc3c(B4OC(C)(C)C(C)(C)O4)cnc(NC)c3C)c(Cl)ccc2c1=O. The maximum absolute atomic E-state index is 13.4. The van der Waals surface area contributed by atoms with Crippen molar-refractivity contribution in [3.63, 3.8) is 0 Å². The normalized spacial score (nSPS) is 17.7. The van der Waals surface area contributed by atoms with E-state index in [1.807, 2.05) is 46.2 Å². The summed E-state index contributed by atoms with van der Waals surface area (Å²) in [6.07, 6.45) is 5.29. The van der Waals surface area contributed by atoms with Crippen LogP contribution in [0.25, 0.3) is 10.9 Å². The number of halogens is 1. The van der Waals surface area contributed by atoms with E-state index in [1.54, 1.807) is 31.5 Å². The summed E-state index contributed by atoms with van der Waals surface area (Å²) in [4.78, 5) is 30.5. The van der Waals surface area contributed by atoms with Crippen molar-refractivity contribution in [2.24, 2.45) is 0 Å². The second-order valence-corrected chi connectivity index (χ2v) is 12.1. The second-order valence-electron chi connectivity index (χ2n) is 11.6. The first kappa shape index (κ1) is 29.6. The van der Waals surface area contributed by atoms with Crippen LogP contribution in [-0.4, -0.2) is 47.5 Å². The fraction of sp³-hybridized carbons (Fsp3) is 0.500. The van der Waals surface area contributed by atoms with E-state index < -0.39 is 24.3 Å². The summed E-state index contributed by atoms with van der Waals surface area (Å²) in [5.74, 6) is 0.117. The molecule has 1 aromatic carbocycles. The zero-order chi connectivity index (χ0) is 29.7. The Kier molecular flexibility index (Phi) is 7.98. The molecule has 2 aromatic heterocycles. The standard InChI is InChI=1S/C30H37BClN3O6/c1-8-39-28(37)20-14-35(18-9-10-18)25-19(26(20)36)11-12-24(32)22(25)16-38-15-21-17(2)27(33-7)34-13-23(21)31-40-29(3,4)30(5,6)41-31/h11-14,18H,8-10,15-16H2,1-7H3,(H,33,34). The molecule has 0 amide bonds. The van der Waals surface area contributed by atoms with Gasteiger partial charge in [-0.1, -0.05) is 11.6 Å². The molecule has 5 rings (SSSR count). The van der Waals surface area contributed by atoms with Gasteiger partial charge in [-0.3, -0.25) is 4.79 Å². The fourth-order valence-electron chi connectivity index (χ4n) is 5.17. The lowest BCUT2D eigenvalue weighted by Gasteiger charge is -2.32. The first-order valence-electron chi connectivity index (χ1n) is 14.0. The van der Waals surface area contributed by atoms with Gasteiger partial charge in [-0.25, -0.2) is 9.78 Å². The molecule has 218 valence electrons. The number of aromatic nitrogens is 2. The molecule has 3 aromatic rings. The number of anilines is 1. The van der Waals surface area contributed by atoms with Gasteiger partial charge in [0.05, 0.1) is 36.5 Å². The van der Waals surface area contributed by atoms with E-state index >= 15 is 0 Å². The van der Waals surface area contributed by atoms with Crippen LogP contribution >= 0.6 is 11.6 Å².